The van der Waals surface area contributed by atoms with Crippen LogP contribution in [0.15, 0.2) is 23.1 Å². The highest BCUT2D eigenvalue weighted by atomic mass is 35.5. The van der Waals surface area contributed by atoms with Crippen molar-refractivity contribution in [1.29, 1.82) is 5.26 Å². The number of carboxylic acid groups (broad SMARTS) is 1. The van der Waals surface area contributed by atoms with Gasteiger partial charge in [-0.1, -0.05) is 11.6 Å². The molecule has 0 saturated heterocycles. The van der Waals surface area contributed by atoms with Gasteiger partial charge >= 0.3 is 5.97 Å². The molecule has 0 heterocycles. The van der Waals surface area contributed by atoms with Crippen molar-refractivity contribution in [1.82, 2.24) is 4.31 Å². The van der Waals surface area contributed by atoms with Crippen molar-refractivity contribution in [2.45, 2.75) is 11.8 Å². The first-order valence-corrected chi connectivity index (χ1v) is 7.40. The molecule has 1 atom stereocenters. The van der Waals surface area contributed by atoms with Gasteiger partial charge in [-0.25, -0.2) is 13.2 Å². The van der Waals surface area contributed by atoms with Crippen LogP contribution in [0.5, 0.6) is 0 Å². The largest absolute Gasteiger partial charge is 0.478 e. The summed E-state index contributed by atoms with van der Waals surface area (Å²) in [6.45, 7) is 1.58. The van der Waals surface area contributed by atoms with Gasteiger partial charge in [0, 0.05) is 13.6 Å². The van der Waals surface area contributed by atoms with E-state index in [2.05, 4.69) is 0 Å². The molecule has 0 aliphatic carbocycles. The van der Waals surface area contributed by atoms with Crippen molar-refractivity contribution >= 4 is 27.6 Å². The van der Waals surface area contributed by atoms with Gasteiger partial charge in [-0.2, -0.15) is 9.57 Å². The van der Waals surface area contributed by atoms with E-state index in [-0.39, 0.29) is 22.0 Å². The summed E-state index contributed by atoms with van der Waals surface area (Å²) in [5.41, 5.74) is -0.172. The summed E-state index contributed by atoms with van der Waals surface area (Å²) in [4.78, 5) is 10.6. The fraction of sp³-hybridized carbons (Fsp3) is 0.333. The molecule has 0 saturated carbocycles. The van der Waals surface area contributed by atoms with Crippen LogP contribution in [0.25, 0.3) is 0 Å². The quantitative estimate of drug-likeness (QED) is 0.893. The first-order chi connectivity index (χ1) is 9.20. The number of sulfonamides is 1. The third kappa shape index (κ3) is 3.48. The highest BCUT2D eigenvalue weighted by Gasteiger charge is 2.26. The second-order valence-corrected chi connectivity index (χ2v) is 6.69. The Balaban J connectivity index is 3.25. The molecule has 6 nitrogen and oxygen atoms in total. The number of rotatable bonds is 5. The SMILES string of the molecule is CC(C#N)CN(C)S(=O)(=O)c1cc(C(=O)O)ccc1Cl. The summed E-state index contributed by atoms with van der Waals surface area (Å²) in [7, 11) is -2.63. The molecular formula is C12H13ClN2O4S. The van der Waals surface area contributed by atoms with Crippen molar-refractivity contribution in [2.24, 2.45) is 5.92 Å². The van der Waals surface area contributed by atoms with Gasteiger partial charge < -0.3 is 5.11 Å². The predicted octanol–water partition coefficient (Wildman–Crippen LogP) is 1.82. The molecule has 108 valence electrons. The summed E-state index contributed by atoms with van der Waals surface area (Å²) in [6, 6.07) is 5.38. The summed E-state index contributed by atoms with van der Waals surface area (Å²) >= 11 is 5.84. The van der Waals surface area contributed by atoms with Crippen LogP contribution in [-0.2, 0) is 10.0 Å². The number of carboxylic acids is 1. The number of aromatic carboxylic acids is 1. The Morgan fingerprint density at radius 2 is 2.15 bits per heavy atom. The zero-order chi connectivity index (χ0) is 15.5. The van der Waals surface area contributed by atoms with Crippen LogP contribution >= 0.6 is 11.6 Å². The summed E-state index contributed by atoms with van der Waals surface area (Å²) in [5.74, 6) is -1.73. The molecule has 0 fully saturated rings. The van der Waals surface area contributed by atoms with E-state index < -0.39 is 21.9 Å². The van der Waals surface area contributed by atoms with Gasteiger partial charge in [-0.3, -0.25) is 0 Å². The van der Waals surface area contributed by atoms with Crippen molar-refractivity contribution in [3.8, 4) is 6.07 Å². The molecule has 0 aliphatic heterocycles. The Hall–Kier alpha value is -1.62. The van der Waals surface area contributed by atoms with Gasteiger partial charge in [0.05, 0.1) is 22.6 Å². The topological polar surface area (TPSA) is 98.5 Å². The van der Waals surface area contributed by atoms with Gasteiger partial charge in [-0.15, -0.1) is 0 Å². The molecule has 1 N–H and O–H groups in total. The zero-order valence-electron chi connectivity index (χ0n) is 10.9. The normalized spacial score (nSPS) is 12.9. The monoisotopic (exact) mass is 316 g/mol. The molecule has 0 bridgehead atoms. The average Bonchev–Trinajstić information content (AvgIpc) is 2.38. The molecule has 1 aromatic rings. The summed E-state index contributed by atoms with van der Waals surface area (Å²) in [6.07, 6.45) is 0. The molecule has 0 spiro atoms. The van der Waals surface area contributed by atoms with Crippen LogP contribution < -0.4 is 0 Å². The predicted molar refractivity (Wildman–Crippen MR) is 73.0 cm³/mol. The molecule has 0 amide bonds. The average molecular weight is 317 g/mol. The Kier molecular flexibility index (Phi) is 5.11. The molecular weight excluding hydrogens is 304 g/mol. The number of halogens is 1. The molecule has 0 aromatic heterocycles. The van der Waals surface area contributed by atoms with Crippen LogP contribution in [0.3, 0.4) is 0 Å². The van der Waals surface area contributed by atoms with Crippen LogP contribution in [0.1, 0.15) is 17.3 Å². The van der Waals surface area contributed by atoms with Crippen LogP contribution in [0.2, 0.25) is 5.02 Å². The Bertz CT molecular complexity index is 667. The van der Waals surface area contributed by atoms with Crippen LogP contribution in [0.4, 0.5) is 0 Å². The van der Waals surface area contributed by atoms with E-state index in [1.165, 1.54) is 19.2 Å². The van der Waals surface area contributed by atoms with E-state index in [0.29, 0.717) is 0 Å². The molecule has 1 unspecified atom stereocenters. The fourth-order valence-electron chi connectivity index (χ4n) is 1.53. The van der Waals surface area contributed by atoms with Crippen molar-refractivity contribution < 1.29 is 18.3 Å². The molecule has 0 aliphatic rings. The molecule has 20 heavy (non-hydrogen) atoms. The second kappa shape index (κ2) is 6.22. The number of nitrogens with zero attached hydrogens (tertiary/aromatic N) is 2. The lowest BCUT2D eigenvalue weighted by Crippen LogP contribution is -2.31. The number of benzene rings is 1. The van der Waals surface area contributed by atoms with Crippen LogP contribution in [-0.4, -0.2) is 37.4 Å². The lowest BCUT2D eigenvalue weighted by atomic mass is 10.2. The van der Waals surface area contributed by atoms with E-state index >= 15 is 0 Å². The third-order valence-electron chi connectivity index (χ3n) is 2.62. The summed E-state index contributed by atoms with van der Waals surface area (Å²) in [5, 5.41) is 17.5. The Morgan fingerprint density at radius 1 is 1.55 bits per heavy atom. The maximum Gasteiger partial charge on any atom is 0.335 e. The maximum absolute atomic E-state index is 12.3. The van der Waals surface area contributed by atoms with Crippen molar-refractivity contribution in [3.63, 3.8) is 0 Å². The van der Waals surface area contributed by atoms with E-state index in [4.69, 9.17) is 22.0 Å². The van der Waals surface area contributed by atoms with E-state index in [1.807, 2.05) is 6.07 Å². The van der Waals surface area contributed by atoms with E-state index in [9.17, 15) is 13.2 Å². The molecule has 1 rings (SSSR count). The minimum absolute atomic E-state index is 0.00748. The number of carbonyl (C=O) groups is 1. The lowest BCUT2D eigenvalue weighted by molar-refractivity contribution is 0.0696. The van der Waals surface area contributed by atoms with Crippen molar-refractivity contribution in [2.75, 3.05) is 13.6 Å². The number of hydrogen-bond acceptors (Lipinski definition) is 4. The molecule has 1 aromatic carbocycles. The first-order valence-electron chi connectivity index (χ1n) is 5.59. The van der Waals surface area contributed by atoms with Gasteiger partial charge in [0.2, 0.25) is 10.0 Å². The maximum atomic E-state index is 12.3. The second-order valence-electron chi connectivity index (χ2n) is 4.27. The minimum atomic E-state index is -3.94. The smallest absolute Gasteiger partial charge is 0.335 e. The number of nitriles is 1. The van der Waals surface area contributed by atoms with Crippen molar-refractivity contribution in [3.05, 3.63) is 28.8 Å². The zero-order valence-corrected chi connectivity index (χ0v) is 12.4. The summed E-state index contributed by atoms with van der Waals surface area (Å²) < 4.78 is 25.6. The first kappa shape index (κ1) is 16.4. The lowest BCUT2D eigenvalue weighted by Gasteiger charge is -2.19. The molecule has 0 radical (unpaired) electrons. The van der Waals surface area contributed by atoms with E-state index in [1.54, 1.807) is 6.92 Å². The third-order valence-corrected chi connectivity index (χ3v) is 4.92. The van der Waals surface area contributed by atoms with E-state index in [0.717, 1.165) is 10.4 Å². The molecule has 8 heteroatoms. The highest BCUT2D eigenvalue weighted by molar-refractivity contribution is 7.89. The van der Waals surface area contributed by atoms with Gasteiger partial charge in [0.25, 0.3) is 0 Å². The minimum Gasteiger partial charge on any atom is -0.478 e. The van der Waals surface area contributed by atoms with Gasteiger partial charge in [0.1, 0.15) is 4.90 Å². The van der Waals surface area contributed by atoms with Gasteiger partial charge in [-0.05, 0) is 25.1 Å². The standard InChI is InChI=1S/C12H13ClN2O4S/c1-8(6-14)7-15(2)20(18,19)11-5-9(12(16)17)3-4-10(11)13/h3-5,8H,7H2,1-2H3,(H,16,17). The number of hydrogen-bond donors (Lipinski definition) is 1. The Labute approximate surface area is 122 Å². The highest BCUT2D eigenvalue weighted by Crippen LogP contribution is 2.25. The fourth-order valence-corrected chi connectivity index (χ4v) is 3.28. The van der Waals surface area contributed by atoms with Crippen LogP contribution in [0, 0.1) is 17.2 Å². The van der Waals surface area contributed by atoms with Gasteiger partial charge in [0.15, 0.2) is 0 Å². The Morgan fingerprint density at radius 3 is 2.65 bits per heavy atom.